The van der Waals surface area contributed by atoms with Gasteiger partial charge in [0.2, 0.25) is 0 Å². The quantitative estimate of drug-likeness (QED) is 0.814. The molecule has 0 amide bonds. The minimum absolute atomic E-state index is 0.277. The van der Waals surface area contributed by atoms with Gasteiger partial charge in [-0.15, -0.1) is 0 Å². The van der Waals surface area contributed by atoms with Crippen LogP contribution in [0, 0.1) is 0 Å². The second-order valence-corrected chi connectivity index (χ2v) is 3.78. The molecular formula is C13H15NO. The minimum Gasteiger partial charge on any atom is -0.330 e. The van der Waals surface area contributed by atoms with Crippen molar-refractivity contribution in [2.45, 2.75) is 19.3 Å². The van der Waals surface area contributed by atoms with Crippen molar-refractivity contribution in [2.75, 3.05) is 6.54 Å². The summed E-state index contributed by atoms with van der Waals surface area (Å²) in [5.74, 6) is 0.277. The fraction of sp³-hybridized carbons (Fsp3) is 0.308. The van der Waals surface area contributed by atoms with Crippen LogP contribution in [0.15, 0.2) is 24.3 Å². The molecule has 0 spiro atoms. The number of carbonyl (C=O) groups is 1. The van der Waals surface area contributed by atoms with E-state index < -0.39 is 0 Å². The summed E-state index contributed by atoms with van der Waals surface area (Å²) in [5.41, 5.74) is 8.71. The first kappa shape index (κ1) is 10.1. The van der Waals surface area contributed by atoms with E-state index in [0.717, 1.165) is 18.4 Å². The van der Waals surface area contributed by atoms with Crippen molar-refractivity contribution < 1.29 is 4.79 Å². The molecule has 0 unspecified atom stereocenters. The summed E-state index contributed by atoms with van der Waals surface area (Å²) >= 11 is 0. The number of benzene rings is 1. The Morgan fingerprint density at radius 2 is 2.20 bits per heavy atom. The van der Waals surface area contributed by atoms with Crippen molar-refractivity contribution in [3.63, 3.8) is 0 Å². The molecule has 78 valence electrons. The van der Waals surface area contributed by atoms with Crippen molar-refractivity contribution >= 4 is 11.9 Å². The van der Waals surface area contributed by atoms with Crippen LogP contribution in [0.25, 0.3) is 6.08 Å². The van der Waals surface area contributed by atoms with Gasteiger partial charge in [0.05, 0.1) is 0 Å². The smallest absolute Gasteiger partial charge is 0.163 e. The molecule has 1 aliphatic rings. The summed E-state index contributed by atoms with van der Waals surface area (Å²) < 4.78 is 0. The molecule has 2 nitrogen and oxygen atoms in total. The Hall–Kier alpha value is -1.41. The van der Waals surface area contributed by atoms with Crippen molar-refractivity contribution in [1.29, 1.82) is 0 Å². The van der Waals surface area contributed by atoms with Gasteiger partial charge in [-0.05, 0) is 30.5 Å². The molecule has 0 heterocycles. The summed E-state index contributed by atoms with van der Waals surface area (Å²) in [5, 5.41) is 0. The highest BCUT2D eigenvalue weighted by molar-refractivity contribution is 6.01. The number of carbonyl (C=O) groups excluding carboxylic acids is 1. The third-order valence-electron chi connectivity index (χ3n) is 2.75. The van der Waals surface area contributed by atoms with E-state index in [0.29, 0.717) is 13.0 Å². The number of hydrogen-bond acceptors (Lipinski definition) is 2. The average Bonchev–Trinajstić information content (AvgIpc) is 2.62. The Kier molecular flexibility index (Phi) is 2.97. The van der Waals surface area contributed by atoms with Gasteiger partial charge in [0, 0.05) is 12.0 Å². The minimum atomic E-state index is 0.277. The molecule has 2 rings (SSSR count). The van der Waals surface area contributed by atoms with E-state index in [1.807, 2.05) is 12.1 Å². The second kappa shape index (κ2) is 4.41. The van der Waals surface area contributed by atoms with Gasteiger partial charge >= 0.3 is 0 Å². The highest BCUT2D eigenvalue weighted by atomic mass is 16.1. The van der Waals surface area contributed by atoms with Crippen LogP contribution in [0.1, 0.15) is 34.3 Å². The largest absolute Gasteiger partial charge is 0.330 e. The number of ketones is 1. The first-order valence-electron chi connectivity index (χ1n) is 5.34. The number of nitrogens with two attached hydrogens (primary N) is 1. The second-order valence-electron chi connectivity index (χ2n) is 3.78. The van der Waals surface area contributed by atoms with Crippen LogP contribution in [0.2, 0.25) is 0 Å². The summed E-state index contributed by atoms with van der Waals surface area (Å²) in [6, 6.07) is 5.93. The van der Waals surface area contributed by atoms with Gasteiger partial charge in [0.1, 0.15) is 0 Å². The lowest BCUT2D eigenvalue weighted by molar-refractivity contribution is 0.0994. The number of Topliss-reactive ketones (excluding diaryl/α,β-unsaturated/α-hetero) is 1. The summed E-state index contributed by atoms with van der Waals surface area (Å²) in [6.07, 6.45) is 6.58. The SMILES string of the molecule is NCCC=Cc1cccc2c1CCC2=O. The summed E-state index contributed by atoms with van der Waals surface area (Å²) in [6.45, 7) is 0.671. The van der Waals surface area contributed by atoms with E-state index in [1.165, 1.54) is 11.1 Å². The van der Waals surface area contributed by atoms with Crippen LogP contribution in [0.3, 0.4) is 0 Å². The number of hydrogen-bond donors (Lipinski definition) is 1. The fourth-order valence-corrected chi connectivity index (χ4v) is 1.98. The van der Waals surface area contributed by atoms with Crippen molar-refractivity contribution in [1.82, 2.24) is 0 Å². The van der Waals surface area contributed by atoms with Gasteiger partial charge in [-0.1, -0.05) is 30.4 Å². The lowest BCUT2D eigenvalue weighted by atomic mass is 10.0. The number of rotatable bonds is 3. The monoisotopic (exact) mass is 201 g/mol. The molecule has 0 saturated carbocycles. The maximum Gasteiger partial charge on any atom is 0.163 e. The van der Waals surface area contributed by atoms with Gasteiger partial charge in [-0.2, -0.15) is 0 Å². The van der Waals surface area contributed by atoms with E-state index in [2.05, 4.69) is 18.2 Å². The molecule has 0 fully saturated rings. The first-order valence-corrected chi connectivity index (χ1v) is 5.34. The van der Waals surface area contributed by atoms with Gasteiger partial charge in [0.15, 0.2) is 5.78 Å². The summed E-state index contributed by atoms with van der Waals surface area (Å²) in [4.78, 5) is 11.5. The van der Waals surface area contributed by atoms with Crippen LogP contribution in [-0.4, -0.2) is 12.3 Å². The first-order chi connectivity index (χ1) is 7.33. The Morgan fingerprint density at radius 3 is 3.00 bits per heavy atom. The Balaban J connectivity index is 2.30. The molecule has 2 N–H and O–H groups in total. The Bertz CT molecular complexity index is 407. The fourth-order valence-electron chi connectivity index (χ4n) is 1.98. The van der Waals surface area contributed by atoms with Crippen LogP contribution in [-0.2, 0) is 6.42 Å². The third-order valence-corrected chi connectivity index (χ3v) is 2.75. The van der Waals surface area contributed by atoms with Gasteiger partial charge in [0.25, 0.3) is 0 Å². The van der Waals surface area contributed by atoms with Gasteiger partial charge in [-0.3, -0.25) is 4.79 Å². The molecule has 0 saturated heterocycles. The van der Waals surface area contributed by atoms with Crippen LogP contribution in [0.5, 0.6) is 0 Å². The molecule has 2 heteroatoms. The average molecular weight is 201 g/mol. The predicted molar refractivity (Wildman–Crippen MR) is 61.8 cm³/mol. The van der Waals surface area contributed by atoms with E-state index in [1.54, 1.807) is 0 Å². The molecular weight excluding hydrogens is 186 g/mol. The zero-order valence-electron chi connectivity index (χ0n) is 8.70. The normalized spacial score (nSPS) is 14.9. The molecule has 1 aromatic rings. The van der Waals surface area contributed by atoms with E-state index in [-0.39, 0.29) is 5.78 Å². The number of fused-ring (bicyclic) bond motifs is 1. The van der Waals surface area contributed by atoms with Crippen molar-refractivity contribution in [3.05, 3.63) is 41.0 Å². The van der Waals surface area contributed by atoms with E-state index in [9.17, 15) is 4.79 Å². The molecule has 15 heavy (non-hydrogen) atoms. The molecule has 0 bridgehead atoms. The molecule has 0 radical (unpaired) electrons. The molecule has 1 aromatic carbocycles. The highest BCUT2D eigenvalue weighted by Crippen LogP contribution is 2.26. The third kappa shape index (κ3) is 2.00. The molecule has 1 aliphatic carbocycles. The topological polar surface area (TPSA) is 43.1 Å². The Labute approximate surface area is 89.8 Å². The van der Waals surface area contributed by atoms with Gasteiger partial charge in [-0.25, -0.2) is 0 Å². The summed E-state index contributed by atoms with van der Waals surface area (Å²) in [7, 11) is 0. The molecule has 0 aliphatic heterocycles. The maximum absolute atomic E-state index is 11.5. The van der Waals surface area contributed by atoms with Crippen LogP contribution < -0.4 is 5.73 Å². The predicted octanol–water partition coefficient (Wildman–Crippen LogP) is 2.18. The lowest BCUT2D eigenvalue weighted by Crippen LogP contribution is -1.95. The molecule has 0 atom stereocenters. The van der Waals surface area contributed by atoms with E-state index >= 15 is 0 Å². The lowest BCUT2D eigenvalue weighted by Gasteiger charge is -2.02. The van der Waals surface area contributed by atoms with Crippen molar-refractivity contribution in [2.24, 2.45) is 5.73 Å². The maximum atomic E-state index is 11.5. The van der Waals surface area contributed by atoms with Gasteiger partial charge < -0.3 is 5.73 Å². The zero-order valence-corrected chi connectivity index (χ0v) is 8.70. The van der Waals surface area contributed by atoms with Crippen LogP contribution >= 0.6 is 0 Å². The standard InChI is InChI=1S/C13H15NO/c14-9-2-1-4-10-5-3-6-12-11(10)7-8-13(12)15/h1,3-6H,2,7-9,14H2. The van der Waals surface area contributed by atoms with Crippen LogP contribution in [0.4, 0.5) is 0 Å². The molecule has 0 aromatic heterocycles. The zero-order chi connectivity index (χ0) is 10.7. The highest BCUT2D eigenvalue weighted by Gasteiger charge is 2.20. The van der Waals surface area contributed by atoms with E-state index in [4.69, 9.17) is 5.73 Å². The van der Waals surface area contributed by atoms with Crippen molar-refractivity contribution in [3.8, 4) is 0 Å². The Morgan fingerprint density at radius 1 is 1.33 bits per heavy atom.